The van der Waals surface area contributed by atoms with Crippen LogP contribution in [0.15, 0.2) is 53.5 Å². The Labute approximate surface area is 176 Å². The molecule has 1 fully saturated rings. The Bertz CT molecular complexity index is 1210. The van der Waals surface area contributed by atoms with Gasteiger partial charge in [-0.1, -0.05) is 0 Å². The van der Waals surface area contributed by atoms with Crippen LogP contribution in [0.1, 0.15) is 0 Å². The molecule has 11 heteroatoms. The smallest absolute Gasteiger partial charge is 0.410 e. The molecule has 5 rings (SSSR count). The summed E-state index contributed by atoms with van der Waals surface area (Å²) < 4.78 is 17.3. The normalized spacial score (nSPS) is 14.0. The first kappa shape index (κ1) is 18.9. The predicted molar refractivity (Wildman–Crippen MR) is 111 cm³/mol. The largest absolute Gasteiger partial charge is 0.459 e. The van der Waals surface area contributed by atoms with Crippen LogP contribution in [0.25, 0.3) is 17.1 Å². The number of nitrogens with zero attached hydrogens (tertiary/aromatic N) is 5. The highest BCUT2D eigenvalue weighted by atomic mass is 16.6. The van der Waals surface area contributed by atoms with Crippen LogP contribution >= 0.6 is 0 Å². The number of fused-ring (bicyclic) bond motifs is 1. The van der Waals surface area contributed by atoms with Crippen LogP contribution in [0.5, 0.6) is 5.75 Å². The van der Waals surface area contributed by atoms with E-state index in [0.717, 1.165) is 37.7 Å². The average molecular weight is 421 g/mol. The molecule has 4 heterocycles. The van der Waals surface area contributed by atoms with Crippen molar-refractivity contribution >= 4 is 28.9 Å². The van der Waals surface area contributed by atoms with Crippen LogP contribution in [0.3, 0.4) is 0 Å². The van der Waals surface area contributed by atoms with Crippen molar-refractivity contribution in [1.29, 1.82) is 0 Å². The number of benzene rings is 1. The van der Waals surface area contributed by atoms with E-state index in [1.165, 1.54) is 18.7 Å². The molecule has 4 aromatic rings. The zero-order valence-electron chi connectivity index (χ0n) is 16.4. The number of primary amides is 1. The van der Waals surface area contributed by atoms with Gasteiger partial charge in [-0.15, -0.1) is 0 Å². The second-order valence-corrected chi connectivity index (χ2v) is 6.83. The average Bonchev–Trinajstić information content (AvgIpc) is 3.45. The second kappa shape index (κ2) is 7.95. The molecule has 0 saturated carbocycles. The number of rotatable bonds is 5. The third kappa shape index (κ3) is 3.85. The third-order valence-electron chi connectivity index (χ3n) is 4.86. The molecule has 3 aromatic heterocycles. The van der Waals surface area contributed by atoms with E-state index in [2.05, 4.69) is 37.4 Å². The first-order valence-electron chi connectivity index (χ1n) is 9.62. The Morgan fingerprint density at radius 2 is 1.97 bits per heavy atom. The fraction of sp³-hybridized carbons (Fsp3) is 0.200. The van der Waals surface area contributed by atoms with Gasteiger partial charge in [0.05, 0.1) is 19.4 Å². The van der Waals surface area contributed by atoms with Gasteiger partial charge in [0.15, 0.2) is 23.0 Å². The summed E-state index contributed by atoms with van der Waals surface area (Å²) in [5.41, 5.74) is 8.11. The van der Waals surface area contributed by atoms with Gasteiger partial charge in [-0.05, 0) is 24.3 Å². The number of nitrogens with two attached hydrogens (primary N) is 1. The first-order valence-corrected chi connectivity index (χ1v) is 9.62. The first-order chi connectivity index (χ1) is 15.2. The number of carbonyl (C=O) groups excluding carboxylic acids is 1. The Morgan fingerprint density at radius 3 is 2.74 bits per heavy atom. The van der Waals surface area contributed by atoms with Crippen molar-refractivity contribution in [2.24, 2.45) is 5.73 Å². The van der Waals surface area contributed by atoms with E-state index in [1.54, 1.807) is 10.7 Å². The van der Waals surface area contributed by atoms with Gasteiger partial charge < -0.3 is 29.8 Å². The van der Waals surface area contributed by atoms with Crippen LogP contribution < -0.4 is 20.7 Å². The van der Waals surface area contributed by atoms with E-state index in [1.807, 2.05) is 12.1 Å². The van der Waals surface area contributed by atoms with E-state index in [4.69, 9.17) is 19.6 Å². The molecule has 0 aliphatic carbocycles. The predicted octanol–water partition coefficient (Wildman–Crippen LogP) is 2.42. The van der Waals surface area contributed by atoms with E-state index in [0.29, 0.717) is 22.9 Å². The minimum absolute atomic E-state index is 0.193. The molecule has 0 bridgehead atoms. The number of morpholine rings is 1. The number of hydrogen-bond donors (Lipinski definition) is 2. The summed E-state index contributed by atoms with van der Waals surface area (Å²) in [6, 6.07) is 9.64. The fourth-order valence-corrected chi connectivity index (χ4v) is 3.41. The molecule has 0 unspecified atom stereocenters. The summed E-state index contributed by atoms with van der Waals surface area (Å²) in [7, 11) is 0. The molecule has 0 atom stereocenters. The maximum Gasteiger partial charge on any atom is 0.410 e. The third-order valence-corrected chi connectivity index (χ3v) is 4.86. The number of amides is 1. The zero-order chi connectivity index (χ0) is 21.2. The molecular weight excluding hydrogens is 402 g/mol. The highest BCUT2D eigenvalue weighted by Gasteiger charge is 2.16. The van der Waals surface area contributed by atoms with Crippen molar-refractivity contribution in [3.8, 4) is 17.2 Å². The number of carbonyl (C=O) groups is 1. The van der Waals surface area contributed by atoms with Crippen LogP contribution in [0, 0.1) is 0 Å². The summed E-state index contributed by atoms with van der Waals surface area (Å²) >= 11 is 0. The summed E-state index contributed by atoms with van der Waals surface area (Å²) in [5, 5.41) is 7.54. The molecule has 11 nitrogen and oxygen atoms in total. The molecule has 1 aromatic carbocycles. The van der Waals surface area contributed by atoms with Crippen LogP contribution in [-0.2, 0) is 4.74 Å². The maximum absolute atomic E-state index is 10.9. The van der Waals surface area contributed by atoms with Gasteiger partial charge in [0.2, 0.25) is 0 Å². The molecule has 0 radical (unpaired) electrons. The van der Waals surface area contributed by atoms with E-state index < -0.39 is 6.09 Å². The van der Waals surface area contributed by atoms with Crippen LogP contribution in [0.4, 0.5) is 22.0 Å². The van der Waals surface area contributed by atoms with Crippen molar-refractivity contribution in [3.63, 3.8) is 0 Å². The molecule has 0 spiro atoms. The van der Waals surface area contributed by atoms with Crippen LogP contribution in [-0.4, -0.2) is 52.0 Å². The number of ether oxygens (including phenoxy) is 2. The fourth-order valence-electron chi connectivity index (χ4n) is 3.41. The summed E-state index contributed by atoms with van der Waals surface area (Å²) in [5.74, 6) is 1.14. The zero-order valence-corrected chi connectivity index (χ0v) is 16.4. The number of aromatic nitrogens is 4. The van der Waals surface area contributed by atoms with Gasteiger partial charge >= 0.3 is 6.09 Å². The van der Waals surface area contributed by atoms with Crippen molar-refractivity contribution in [3.05, 3.63) is 49.1 Å². The van der Waals surface area contributed by atoms with Crippen molar-refractivity contribution in [1.82, 2.24) is 19.6 Å². The Hall–Kier alpha value is -4.12. The standard InChI is InChI=1S/C20H19N7O4/c21-20(28)31-15-9-17(30-11-15)16-10-22-18(19-23-12-24-27(16)19)25-13-1-3-14(4-2-13)26-5-7-29-8-6-26/h1-4,9-12H,5-8H2,(H2,21,28)(H,22,25). The van der Waals surface area contributed by atoms with Gasteiger partial charge in [0.1, 0.15) is 18.3 Å². The van der Waals surface area contributed by atoms with E-state index >= 15 is 0 Å². The number of hydrogen-bond acceptors (Lipinski definition) is 9. The van der Waals surface area contributed by atoms with Crippen LogP contribution in [0.2, 0.25) is 0 Å². The topological polar surface area (TPSA) is 133 Å². The number of anilines is 3. The number of nitrogens with one attached hydrogen (secondary N) is 1. The van der Waals surface area contributed by atoms with Crippen molar-refractivity contribution < 1.29 is 18.7 Å². The van der Waals surface area contributed by atoms with Crippen molar-refractivity contribution in [2.75, 3.05) is 36.5 Å². The molecule has 1 saturated heterocycles. The Balaban J connectivity index is 1.39. The van der Waals surface area contributed by atoms with Gasteiger partial charge in [-0.3, -0.25) is 0 Å². The lowest BCUT2D eigenvalue weighted by molar-refractivity contribution is 0.122. The lowest BCUT2D eigenvalue weighted by Crippen LogP contribution is -2.36. The minimum Gasteiger partial charge on any atom is -0.459 e. The van der Waals surface area contributed by atoms with E-state index in [-0.39, 0.29) is 5.75 Å². The molecule has 3 N–H and O–H groups in total. The lowest BCUT2D eigenvalue weighted by Gasteiger charge is -2.28. The quantitative estimate of drug-likeness (QED) is 0.498. The summed E-state index contributed by atoms with van der Waals surface area (Å²) in [6.07, 6.45) is 3.39. The minimum atomic E-state index is -0.921. The molecule has 1 amide bonds. The van der Waals surface area contributed by atoms with Crippen molar-refractivity contribution in [2.45, 2.75) is 0 Å². The second-order valence-electron chi connectivity index (χ2n) is 6.83. The molecular formula is C20H19N7O4. The molecule has 1 aliphatic rings. The number of furan rings is 1. The molecule has 31 heavy (non-hydrogen) atoms. The summed E-state index contributed by atoms with van der Waals surface area (Å²) in [4.78, 5) is 22.0. The van der Waals surface area contributed by atoms with Gasteiger partial charge in [-0.25, -0.2) is 19.3 Å². The highest BCUT2D eigenvalue weighted by molar-refractivity contribution is 5.73. The lowest BCUT2D eigenvalue weighted by atomic mass is 10.2. The van der Waals surface area contributed by atoms with Gasteiger partial charge in [0.25, 0.3) is 0 Å². The van der Waals surface area contributed by atoms with Gasteiger partial charge in [0, 0.05) is 30.5 Å². The highest BCUT2D eigenvalue weighted by Crippen LogP contribution is 2.29. The SMILES string of the molecule is NC(=O)Oc1coc(-c2cnc(Nc3ccc(N4CCOCC4)cc3)c3ncnn23)c1. The summed E-state index contributed by atoms with van der Waals surface area (Å²) in [6.45, 7) is 3.25. The Morgan fingerprint density at radius 1 is 1.16 bits per heavy atom. The Kier molecular flexibility index (Phi) is 4.84. The molecule has 1 aliphatic heterocycles. The van der Waals surface area contributed by atoms with Gasteiger partial charge in [-0.2, -0.15) is 5.10 Å². The monoisotopic (exact) mass is 421 g/mol. The molecule has 158 valence electrons. The van der Waals surface area contributed by atoms with E-state index in [9.17, 15) is 4.79 Å². The maximum atomic E-state index is 10.9.